The first-order valence-corrected chi connectivity index (χ1v) is 5.53. The molecule has 0 aliphatic rings. The van der Waals surface area contributed by atoms with Crippen LogP contribution in [0.5, 0.6) is 0 Å². The van der Waals surface area contributed by atoms with Gasteiger partial charge in [0, 0.05) is 30.8 Å². The molecule has 0 saturated carbocycles. The van der Waals surface area contributed by atoms with Gasteiger partial charge in [-0.15, -0.1) is 36.2 Å². The average Bonchev–Trinajstić information content (AvgIpc) is 2.69. The van der Waals surface area contributed by atoms with Crippen LogP contribution in [-0.4, -0.2) is 24.0 Å². The highest BCUT2D eigenvalue weighted by atomic mass is 35.5. The summed E-state index contributed by atoms with van der Waals surface area (Å²) in [6, 6.07) is 0. The number of thiazole rings is 1. The SMILES string of the molecule is CC(CN)C(=O)NCCc1cscn1.Cl.Cl. The maximum Gasteiger partial charge on any atom is 0.224 e. The fourth-order valence-corrected chi connectivity index (χ4v) is 1.55. The molecule has 0 spiro atoms. The lowest BCUT2D eigenvalue weighted by atomic mass is 10.1. The standard InChI is InChI=1S/C9H15N3OS.2ClH/c1-7(4-10)9(13)11-3-2-8-5-14-6-12-8;;/h5-7H,2-4,10H2,1H3,(H,11,13);2*1H. The van der Waals surface area contributed by atoms with E-state index in [1.54, 1.807) is 16.8 Å². The third-order valence-electron chi connectivity index (χ3n) is 1.96. The van der Waals surface area contributed by atoms with Crippen molar-refractivity contribution in [3.8, 4) is 0 Å². The zero-order chi connectivity index (χ0) is 10.4. The molecule has 0 radical (unpaired) electrons. The molecule has 1 unspecified atom stereocenters. The highest BCUT2D eigenvalue weighted by Gasteiger charge is 2.09. The van der Waals surface area contributed by atoms with Gasteiger partial charge < -0.3 is 11.1 Å². The maximum atomic E-state index is 11.3. The Morgan fingerprint density at radius 3 is 2.81 bits per heavy atom. The van der Waals surface area contributed by atoms with Gasteiger partial charge in [-0.25, -0.2) is 4.98 Å². The van der Waals surface area contributed by atoms with Crippen molar-refractivity contribution in [1.82, 2.24) is 10.3 Å². The number of halogens is 2. The minimum Gasteiger partial charge on any atom is -0.355 e. The lowest BCUT2D eigenvalue weighted by molar-refractivity contribution is -0.124. The summed E-state index contributed by atoms with van der Waals surface area (Å²) in [5.41, 5.74) is 8.18. The Kier molecular flexibility index (Phi) is 11.1. The highest BCUT2D eigenvalue weighted by Crippen LogP contribution is 2.00. The number of amides is 1. The van der Waals surface area contributed by atoms with E-state index in [0.29, 0.717) is 13.1 Å². The van der Waals surface area contributed by atoms with Crippen LogP contribution in [0.2, 0.25) is 0 Å². The van der Waals surface area contributed by atoms with Crippen LogP contribution in [0.15, 0.2) is 10.9 Å². The number of rotatable bonds is 5. The van der Waals surface area contributed by atoms with Gasteiger partial charge in [0.1, 0.15) is 0 Å². The second-order valence-corrected chi connectivity index (χ2v) is 3.88. The van der Waals surface area contributed by atoms with Gasteiger partial charge in [0.2, 0.25) is 5.91 Å². The van der Waals surface area contributed by atoms with Crippen molar-refractivity contribution < 1.29 is 4.79 Å². The molecule has 0 aromatic carbocycles. The van der Waals surface area contributed by atoms with Gasteiger partial charge >= 0.3 is 0 Å². The largest absolute Gasteiger partial charge is 0.355 e. The third kappa shape index (κ3) is 6.27. The zero-order valence-electron chi connectivity index (χ0n) is 9.01. The molecule has 1 rings (SSSR count). The molecule has 0 saturated heterocycles. The molecule has 1 heterocycles. The van der Waals surface area contributed by atoms with Gasteiger partial charge in [-0.05, 0) is 0 Å². The second kappa shape index (κ2) is 9.84. The molecule has 1 aromatic rings. The predicted octanol–water partition coefficient (Wildman–Crippen LogP) is 1.24. The summed E-state index contributed by atoms with van der Waals surface area (Å²) in [4.78, 5) is 15.4. The van der Waals surface area contributed by atoms with E-state index in [1.807, 2.05) is 12.3 Å². The topological polar surface area (TPSA) is 68.0 Å². The second-order valence-electron chi connectivity index (χ2n) is 3.16. The lowest BCUT2D eigenvalue weighted by Gasteiger charge is -2.08. The molecular weight excluding hydrogens is 269 g/mol. The third-order valence-corrected chi connectivity index (χ3v) is 2.60. The van der Waals surface area contributed by atoms with Gasteiger partial charge in [-0.1, -0.05) is 6.92 Å². The lowest BCUT2D eigenvalue weighted by Crippen LogP contribution is -2.34. The van der Waals surface area contributed by atoms with E-state index >= 15 is 0 Å². The molecule has 3 N–H and O–H groups in total. The molecule has 94 valence electrons. The van der Waals surface area contributed by atoms with Crippen LogP contribution < -0.4 is 11.1 Å². The van der Waals surface area contributed by atoms with E-state index < -0.39 is 0 Å². The Hall–Kier alpha value is -0.360. The number of nitrogens with two attached hydrogens (primary N) is 1. The van der Waals surface area contributed by atoms with Gasteiger partial charge in [-0.2, -0.15) is 0 Å². The molecule has 7 heteroatoms. The summed E-state index contributed by atoms with van der Waals surface area (Å²) in [5, 5.41) is 4.80. The molecule has 0 aliphatic carbocycles. The summed E-state index contributed by atoms with van der Waals surface area (Å²) < 4.78 is 0. The Morgan fingerprint density at radius 1 is 1.62 bits per heavy atom. The number of nitrogens with one attached hydrogen (secondary N) is 1. The van der Waals surface area contributed by atoms with Crippen molar-refractivity contribution in [3.63, 3.8) is 0 Å². The smallest absolute Gasteiger partial charge is 0.224 e. The number of carbonyl (C=O) groups excluding carboxylic acids is 1. The van der Waals surface area contributed by atoms with Crippen LogP contribution >= 0.6 is 36.2 Å². The van der Waals surface area contributed by atoms with E-state index in [9.17, 15) is 4.79 Å². The predicted molar refractivity (Wildman–Crippen MR) is 71.5 cm³/mol. The minimum atomic E-state index is -0.106. The Morgan fingerprint density at radius 2 is 2.31 bits per heavy atom. The Bertz CT molecular complexity index is 282. The van der Waals surface area contributed by atoms with Crippen molar-refractivity contribution in [1.29, 1.82) is 0 Å². The first-order valence-electron chi connectivity index (χ1n) is 4.59. The molecule has 0 fully saturated rings. The molecule has 1 amide bonds. The fraction of sp³-hybridized carbons (Fsp3) is 0.556. The van der Waals surface area contributed by atoms with Crippen LogP contribution in [0.1, 0.15) is 12.6 Å². The molecule has 1 atom stereocenters. The van der Waals surface area contributed by atoms with Gasteiger partial charge in [-0.3, -0.25) is 4.79 Å². The van der Waals surface area contributed by atoms with Crippen LogP contribution in [-0.2, 0) is 11.2 Å². The van der Waals surface area contributed by atoms with E-state index in [1.165, 1.54) is 0 Å². The van der Waals surface area contributed by atoms with Crippen molar-refractivity contribution in [2.75, 3.05) is 13.1 Å². The van der Waals surface area contributed by atoms with Gasteiger partial charge in [0.25, 0.3) is 0 Å². The average molecular weight is 286 g/mol. The minimum absolute atomic E-state index is 0. The monoisotopic (exact) mass is 285 g/mol. The molecule has 0 aliphatic heterocycles. The quantitative estimate of drug-likeness (QED) is 0.855. The first-order chi connectivity index (χ1) is 6.74. The highest BCUT2D eigenvalue weighted by molar-refractivity contribution is 7.07. The summed E-state index contributed by atoms with van der Waals surface area (Å²) in [5.74, 6) is -0.0897. The molecule has 0 bridgehead atoms. The maximum absolute atomic E-state index is 11.3. The Labute approximate surface area is 112 Å². The van der Waals surface area contributed by atoms with Gasteiger partial charge in [0.05, 0.1) is 11.2 Å². The number of aromatic nitrogens is 1. The van der Waals surface area contributed by atoms with Gasteiger partial charge in [0.15, 0.2) is 0 Å². The fourth-order valence-electron chi connectivity index (χ4n) is 0.956. The molecular formula is C9H17Cl2N3OS. The van der Waals surface area contributed by atoms with Crippen molar-refractivity contribution in [3.05, 3.63) is 16.6 Å². The van der Waals surface area contributed by atoms with Crippen molar-refractivity contribution >= 4 is 42.1 Å². The van der Waals surface area contributed by atoms with Crippen molar-refractivity contribution in [2.45, 2.75) is 13.3 Å². The molecule has 16 heavy (non-hydrogen) atoms. The van der Waals surface area contributed by atoms with E-state index in [2.05, 4.69) is 10.3 Å². The number of hydrogen-bond acceptors (Lipinski definition) is 4. The van der Waals surface area contributed by atoms with Crippen LogP contribution in [0, 0.1) is 5.92 Å². The summed E-state index contributed by atoms with van der Waals surface area (Å²) in [7, 11) is 0. The van der Waals surface area contributed by atoms with Crippen LogP contribution in [0.3, 0.4) is 0 Å². The Balaban J connectivity index is 0. The van der Waals surface area contributed by atoms with Crippen LogP contribution in [0.4, 0.5) is 0 Å². The first kappa shape index (κ1) is 18.0. The number of nitrogens with zero attached hydrogens (tertiary/aromatic N) is 1. The number of hydrogen-bond donors (Lipinski definition) is 2. The zero-order valence-corrected chi connectivity index (χ0v) is 11.5. The summed E-state index contributed by atoms with van der Waals surface area (Å²) in [6.45, 7) is 2.84. The van der Waals surface area contributed by atoms with E-state index in [0.717, 1.165) is 12.1 Å². The normalized spacial score (nSPS) is 10.9. The van der Waals surface area contributed by atoms with Crippen LogP contribution in [0.25, 0.3) is 0 Å². The number of carbonyl (C=O) groups is 1. The van der Waals surface area contributed by atoms with Crippen molar-refractivity contribution in [2.24, 2.45) is 11.7 Å². The molecule has 1 aromatic heterocycles. The summed E-state index contributed by atoms with van der Waals surface area (Å²) >= 11 is 1.57. The van der Waals surface area contributed by atoms with E-state index in [4.69, 9.17) is 5.73 Å². The summed E-state index contributed by atoms with van der Waals surface area (Å²) in [6.07, 6.45) is 0.784. The van der Waals surface area contributed by atoms with E-state index in [-0.39, 0.29) is 36.6 Å². The molecule has 4 nitrogen and oxygen atoms in total.